The van der Waals surface area contributed by atoms with Crippen molar-refractivity contribution in [2.75, 3.05) is 13.1 Å². The molecule has 0 bridgehead atoms. The van der Waals surface area contributed by atoms with Crippen LogP contribution in [0.25, 0.3) is 0 Å². The highest BCUT2D eigenvalue weighted by atomic mass is 16.4. The molecule has 1 aromatic rings. The Morgan fingerprint density at radius 2 is 2.22 bits per heavy atom. The van der Waals surface area contributed by atoms with Crippen molar-refractivity contribution in [2.24, 2.45) is 12.5 Å². The summed E-state index contributed by atoms with van der Waals surface area (Å²) in [4.78, 5) is 25.1. The number of hydrogen-bond acceptors (Lipinski definition) is 3. The van der Waals surface area contributed by atoms with Gasteiger partial charge < -0.3 is 10.0 Å². The summed E-state index contributed by atoms with van der Waals surface area (Å²) in [6.45, 7) is 2.55. The molecule has 98 valence electrons. The first kappa shape index (κ1) is 12.6. The summed E-state index contributed by atoms with van der Waals surface area (Å²) in [6.07, 6.45) is 2.89. The number of carboxylic acid groups (broad SMARTS) is 1. The van der Waals surface area contributed by atoms with E-state index in [1.54, 1.807) is 31.1 Å². The van der Waals surface area contributed by atoms with E-state index >= 15 is 0 Å². The average Bonchev–Trinajstić information content (AvgIpc) is 2.74. The van der Waals surface area contributed by atoms with Gasteiger partial charge >= 0.3 is 5.97 Å². The zero-order valence-electron chi connectivity index (χ0n) is 10.6. The molecule has 1 saturated heterocycles. The van der Waals surface area contributed by atoms with Gasteiger partial charge in [-0.1, -0.05) is 0 Å². The van der Waals surface area contributed by atoms with E-state index in [9.17, 15) is 14.7 Å². The molecule has 0 radical (unpaired) electrons. The van der Waals surface area contributed by atoms with Gasteiger partial charge in [-0.3, -0.25) is 14.3 Å². The number of aliphatic carboxylic acids is 1. The Labute approximate surface area is 105 Å². The number of hydrogen-bond donors (Lipinski definition) is 1. The number of likely N-dealkylation sites (tertiary alicyclic amines) is 1. The van der Waals surface area contributed by atoms with E-state index in [4.69, 9.17) is 0 Å². The maximum absolute atomic E-state index is 12.3. The molecule has 1 aliphatic rings. The van der Waals surface area contributed by atoms with Gasteiger partial charge in [-0.2, -0.15) is 5.10 Å². The number of aryl methyl sites for hydroxylation is 1. The van der Waals surface area contributed by atoms with Crippen molar-refractivity contribution in [1.29, 1.82) is 0 Å². The lowest BCUT2D eigenvalue weighted by Crippen LogP contribution is -2.48. The van der Waals surface area contributed by atoms with Crippen molar-refractivity contribution in [1.82, 2.24) is 14.7 Å². The molecule has 0 aliphatic carbocycles. The van der Waals surface area contributed by atoms with Gasteiger partial charge in [0.15, 0.2) is 0 Å². The Kier molecular flexibility index (Phi) is 3.11. The molecule has 1 unspecified atom stereocenters. The van der Waals surface area contributed by atoms with Crippen molar-refractivity contribution in [2.45, 2.75) is 19.8 Å². The van der Waals surface area contributed by atoms with E-state index in [1.807, 2.05) is 0 Å². The largest absolute Gasteiger partial charge is 0.481 e. The first-order chi connectivity index (χ1) is 8.44. The standard InChI is InChI=1S/C12H17N3O3/c1-12(11(17)18)5-3-7-15(8-12)10(16)9-4-6-13-14(9)2/h4,6H,3,5,7-8H2,1-2H3,(H,17,18). The van der Waals surface area contributed by atoms with Crippen LogP contribution < -0.4 is 0 Å². The first-order valence-electron chi connectivity index (χ1n) is 5.95. The fourth-order valence-corrected chi connectivity index (χ4v) is 2.33. The van der Waals surface area contributed by atoms with Gasteiger partial charge in [-0.25, -0.2) is 0 Å². The third-order valence-corrected chi connectivity index (χ3v) is 3.54. The highest BCUT2D eigenvalue weighted by Crippen LogP contribution is 2.30. The highest BCUT2D eigenvalue weighted by molar-refractivity contribution is 5.93. The lowest BCUT2D eigenvalue weighted by Gasteiger charge is -2.37. The minimum Gasteiger partial charge on any atom is -0.481 e. The minimum atomic E-state index is -0.843. The summed E-state index contributed by atoms with van der Waals surface area (Å²) in [5, 5.41) is 13.2. The van der Waals surface area contributed by atoms with Crippen molar-refractivity contribution in [3.8, 4) is 0 Å². The smallest absolute Gasteiger partial charge is 0.311 e. The molecule has 0 aromatic carbocycles. The van der Waals surface area contributed by atoms with Crippen molar-refractivity contribution >= 4 is 11.9 Å². The summed E-state index contributed by atoms with van der Waals surface area (Å²) in [5.74, 6) is -0.993. The van der Waals surface area contributed by atoms with Gasteiger partial charge in [0.1, 0.15) is 5.69 Å². The fourth-order valence-electron chi connectivity index (χ4n) is 2.33. The molecule has 1 N–H and O–H groups in total. The lowest BCUT2D eigenvalue weighted by molar-refractivity contribution is -0.150. The van der Waals surface area contributed by atoms with Crippen LogP contribution in [0.2, 0.25) is 0 Å². The molecular weight excluding hydrogens is 234 g/mol. The average molecular weight is 251 g/mol. The number of nitrogens with zero attached hydrogens (tertiary/aromatic N) is 3. The number of piperidine rings is 1. The Hall–Kier alpha value is -1.85. The summed E-state index contributed by atoms with van der Waals surface area (Å²) in [7, 11) is 1.70. The molecule has 18 heavy (non-hydrogen) atoms. The quantitative estimate of drug-likeness (QED) is 0.841. The Bertz CT molecular complexity index is 483. The second-order valence-corrected chi connectivity index (χ2v) is 5.04. The van der Waals surface area contributed by atoms with Crippen LogP contribution in [0.1, 0.15) is 30.3 Å². The summed E-state index contributed by atoms with van der Waals surface area (Å²) >= 11 is 0. The van der Waals surface area contributed by atoms with Gasteiger partial charge in [0.05, 0.1) is 5.41 Å². The third-order valence-electron chi connectivity index (χ3n) is 3.54. The van der Waals surface area contributed by atoms with Crippen LogP contribution in [0.3, 0.4) is 0 Å². The van der Waals surface area contributed by atoms with Crippen molar-refractivity contribution in [3.05, 3.63) is 18.0 Å². The maximum atomic E-state index is 12.3. The number of carboxylic acids is 1. The second-order valence-electron chi connectivity index (χ2n) is 5.04. The van der Waals surface area contributed by atoms with E-state index in [2.05, 4.69) is 5.10 Å². The number of carbonyl (C=O) groups excluding carboxylic acids is 1. The molecule has 1 fully saturated rings. The predicted molar refractivity (Wildman–Crippen MR) is 64.1 cm³/mol. The van der Waals surface area contributed by atoms with Crippen LogP contribution in [0.5, 0.6) is 0 Å². The topological polar surface area (TPSA) is 75.4 Å². The van der Waals surface area contributed by atoms with Crippen LogP contribution in [0.15, 0.2) is 12.3 Å². The van der Waals surface area contributed by atoms with Gasteiger partial charge in [-0.15, -0.1) is 0 Å². The fraction of sp³-hybridized carbons (Fsp3) is 0.583. The number of amides is 1. The van der Waals surface area contributed by atoms with Crippen LogP contribution >= 0.6 is 0 Å². The van der Waals surface area contributed by atoms with Crippen LogP contribution in [-0.4, -0.2) is 44.8 Å². The minimum absolute atomic E-state index is 0.151. The van der Waals surface area contributed by atoms with Gasteiger partial charge in [0.2, 0.25) is 0 Å². The highest BCUT2D eigenvalue weighted by Gasteiger charge is 2.39. The van der Waals surface area contributed by atoms with Crippen LogP contribution in [-0.2, 0) is 11.8 Å². The summed E-state index contributed by atoms with van der Waals surface area (Å²) in [6, 6.07) is 1.65. The molecule has 1 aliphatic heterocycles. The Morgan fingerprint density at radius 1 is 1.50 bits per heavy atom. The zero-order valence-corrected chi connectivity index (χ0v) is 10.6. The number of rotatable bonds is 2. The van der Waals surface area contributed by atoms with Crippen LogP contribution in [0.4, 0.5) is 0 Å². The SMILES string of the molecule is Cn1nccc1C(=O)N1CCCC(C)(C(=O)O)C1. The second kappa shape index (κ2) is 4.44. The van der Waals surface area contributed by atoms with Gasteiger partial charge in [-0.05, 0) is 25.8 Å². The van der Waals surface area contributed by atoms with Gasteiger partial charge in [0, 0.05) is 26.3 Å². The predicted octanol–water partition coefficient (Wildman–Crippen LogP) is 0.747. The van der Waals surface area contributed by atoms with E-state index in [0.29, 0.717) is 25.1 Å². The van der Waals surface area contributed by atoms with Crippen LogP contribution in [0, 0.1) is 5.41 Å². The summed E-state index contributed by atoms with van der Waals surface area (Å²) < 4.78 is 1.51. The molecule has 1 atom stereocenters. The monoisotopic (exact) mass is 251 g/mol. The van der Waals surface area contributed by atoms with E-state index in [-0.39, 0.29) is 12.5 Å². The van der Waals surface area contributed by atoms with E-state index in [0.717, 1.165) is 0 Å². The normalized spacial score (nSPS) is 24.0. The molecule has 2 rings (SSSR count). The first-order valence-corrected chi connectivity index (χ1v) is 5.95. The molecule has 1 amide bonds. The number of aromatic nitrogens is 2. The van der Waals surface area contributed by atoms with E-state index in [1.165, 1.54) is 4.68 Å². The van der Waals surface area contributed by atoms with Crippen molar-refractivity contribution < 1.29 is 14.7 Å². The zero-order chi connectivity index (χ0) is 13.3. The molecule has 6 nitrogen and oxygen atoms in total. The Morgan fingerprint density at radius 3 is 2.78 bits per heavy atom. The lowest BCUT2D eigenvalue weighted by atomic mass is 9.82. The molecular formula is C12H17N3O3. The maximum Gasteiger partial charge on any atom is 0.311 e. The van der Waals surface area contributed by atoms with E-state index < -0.39 is 11.4 Å². The van der Waals surface area contributed by atoms with Gasteiger partial charge in [0.25, 0.3) is 5.91 Å². The Balaban J connectivity index is 2.17. The summed E-state index contributed by atoms with van der Waals surface area (Å²) in [5.41, 5.74) is -0.350. The molecule has 0 spiro atoms. The molecule has 0 saturated carbocycles. The molecule has 1 aromatic heterocycles. The third kappa shape index (κ3) is 2.10. The number of carbonyl (C=O) groups is 2. The van der Waals surface area contributed by atoms with Crippen molar-refractivity contribution in [3.63, 3.8) is 0 Å². The molecule has 2 heterocycles. The molecule has 6 heteroatoms.